The number of rotatable bonds is 3. The minimum absolute atomic E-state index is 0.0739. The molecule has 0 spiro atoms. The highest BCUT2D eigenvalue weighted by Gasteiger charge is 2.20. The quantitative estimate of drug-likeness (QED) is 0.489. The number of nitrogens with one attached hydrogen (secondary N) is 1. The maximum absolute atomic E-state index is 11.7. The summed E-state index contributed by atoms with van der Waals surface area (Å²) in [6, 6.07) is 0. The van der Waals surface area contributed by atoms with Gasteiger partial charge in [-0.3, -0.25) is 4.79 Å². The van der Waals surface area contributed by atoms with Crippen molar-refractivity contribution < 1.29 is 9.53 Å². The number of ether oxygens (including phenoxy) is 1. The summed E-state index contributed by atoms with van der Waals surface area (Å²) in [6.45, 7) is 12.8. The van der Waals surface area contributed by atoms with E-state index in [9.17, 15) is 4.79 Å². The molecule has 0 amide bonds. The van der Waals surface area contributed by atoms with Gasteiger partial charge in [-0.25, -0.2) is 4.99 Å². The Morgan fingerprint density at radius 2 is 2.15 bits per heavy atom. The molecule has 5 nitrogen and oxygen atoms in total. The molecule has 1 saturated heterocycles. The molecular weight excluding hydrogens is 254 g/mol. The van der Waals surface area contributed by atoms with Crippen molar-refractivity contribution in [1.29, 1.82) is 0 Å². The molecule has 1 unspecified atom stereocenters. The van der Waals surface area contributed by atoms with Crippen molar-refractivity contribution >= 4 is 11.9 Å². The number of esters is 1. The fourth-order valence-electron chi connectivity index (χ4n) is 2.32. The van der Waals surface area contributed by atoms with E-state index in [1.54, 1.807) is 0 Å². The van der Waals surface area contributed by atoms with Gasteiger partial charge in [0.1, 0.15) is 12.1 Å². The standard InChI is InChI=1S/C15H29N3O2/c1-6-16-14(18-9-7-8-12(2)11-18)17-10-13(19)20-15(3,4)5/h12H,6-11H2,1-5H3,(H,16,17). The monoisotopic (exact) mass is 283 g/mol. The molecule has 0 bridgehead atoms. The second kappa shape index (κ2) is 7.50. The number of piperidine rings is 1. The first-order valence-corrected chi connectivity index (χ1v) is 7.57. The van der Waals surface area contributed by atoms with Crippen molar-refractivity contribution in [2.75, 3.05) is 26.2 Å². The molecule has 1 N–H and O–H groups in total. The molecular formula is C15H29N3O2. The molecule has 0 aromatic carbocycles. The van der Waals surface area contributed by atoms with Gasteiger partial charge >= 0.3 is 5.97 Å². The summed E-state index contributed by atoms with van der Waals surface area (Å²) in [5.41, 5.74) is -0.454. The molecule has 1 rings (SSSR count). The molecule has 116 valence electrons. The summed E-state index contributed by atoms with van der Waals surface area (Å²) >= 11 is 0. The summed E-state index contributed by atoms with van der Waals surface area (Å²) < 4.78 is 5.28. The average Bonchev–Trinajstić information content (AvgIpc) is 2.32. The molecule has 1 fully saturated rings. The van der Waals surface area contributed by atoms with E-state index in [0.717, 1.165) is 25.6 Å². The lowest BCUT2D eigenvalue weighted by Crippen LogP contribution is -2.46. The zero-order valence-electron chi connectivity index (χ0n) is 13.5. The van der Waals surface area contributed by atoms with E-state index >= 15 is 0 Å². The minimum Gasteiger partial charge on any atom is -0.459 e. The summed E-state index contributed by atoms with van der Waals surface area (Å²) in [5.74, 6) is 1.22. The van der Waals surface area contributed by atoms with Crippen LogP contribution in [0.2, 0.25) is 0 Å². The summed E-state index contributed by atoms with van der Waals surface area (Å²) in [4.78, 5) is 18.4. The second-order valence-corrected chi connectivity index (χ2v) is 6.45. The minimum atomic E-state index is -0.454. The third-order valence-electron chi connectivity index (χ3n) is 3.07. The van der Waals surface area contributed by atoms with Gasteiger partial charge in [0.15, 0.2) is 5.96 Å². The summed E-state index contributed by atoms with van der Waals surface area (Å²) in [6.07, 6.45) is 2.44. The first-order valence-electron chi connectivity index (χ1n) is 7.57. The predicted molar refractivity (Wildman–Crippen MR) is 81.8 cm³/mol. The van der Waals surface area contributed by atoms with Crippen LogP contribution < -0.4 is 5.32 Å². The Bertz CT molecular complexity index is 348. The molecule has 0 saturated carbocycles. The lowest BCUT2D eigenvalue weighted by molar-refractivity contribution is -0.152. The third kappa shape index (κ3) is 6.26. The van der Waals surface area contributed by atoms with Gasteiger partial charge in [-0.1, -0.05) is 6.92 Å². The van der Waals surface area contributed by atoms with Crippen LogP contribution in [0.25, 0.3) is 0 Å². The summed E-state index contributed by atoms with van der Waals surface area (Å²) in [7, 11) is 0. The molecule has 1 aliphatic heterocycles. The molecule has 1 atom stereocenters. The number of carbonyl (C=O) groups is 1. The Morgan fingerprint density at radius 1 is 1.45 bits per heavy atom. The number of nitrogens with zero attached hydrogens (tertiary/aromatic N) is 2. The van der Waals surface area contributed by atoms with Crippen molar-refractivity contribution in [3.8, 4) is 0 Å². The van der Waals surface area contributed by atoms with E-state index < -0.39 is 5.60 Å². The van der Waals surface area contributed by atoms with E-state index in [-0.39, 0.29) is 12.5 Å². The van der Waals surface area contributed by atoms with Crippen LogP contribution in [0.15, 0.2) is 4.99 Å². The maximum Gasteiger partial charge on any atom is 0.328 e. The van der Waals surface area contributed by atoms with Gasteiger partial charge in [-0.15, -0.1) is 0 Å². The maximum atomic E-state index is 11.7. The highest BCUT2D eigenvalue weighted by molar-refractivity contribution is 5.83. The highest BCUT2D eigenvalue weighted by Crippen LogP contribution is 2.15. The van der Waals surface area contributed by atoms with Crippen LogP contribution in [0.4, 0.5) is 0 Å². The Kier molecular flexibility index (Phi) is 6.30. The molecule has 1 heterocycles. The van der Waals surface area contributed by atoms with Crippen molar-refractivity contribution in [2.45, 2.75) is 53.1 Å². The molecule has 0 aromatic heterocycles. The number of aliphatic imine (C=N–C) groups is 1. The smallest absolute Gasteiger partial charge is 0.328 e. The molecule has 5 heteroatoms. The van der Waals surface area contributed by atoms with Gasteiger partial charge in [-0.2, -0.15) is 0 Å². The fourth-order valence-corrected chi connectivity index (χ4v) is 2.32. The van der Waals surface area contributed by atoms with Crippen LogP contribution in [0.1, 0.15) is 47.5 Å². The van der Waals surface area contributed by atoms with Crippen LogP contribution >= 0.6 is 0 Å². The van der Waals surface area contributed by atoms with Gasteiger partial charge in [0.25, 0.3) is 0 Å². The van der Waals surface area contributed by atoms with E-state index in [1.807, 2.05) is 27.7 Å². The molecule has 0 radical (unpaired) electrons. The number of hydrogen-bond acceptors (Lipinski definition) is 3. The summed E-state index contributed by atoms with van der Waals surface area (Å²) in [5, 5.41) is 3.26. The topological polar surface area (TPSA) is 53.9 Å². The van der Waals surface area contributed by atoms with E-state index in [4.69, 9.17) is 4.74 Å². The van der Waals surface area contributed by atoms with Crippen LogP contribution in [0, 0.1) is 5.92 Å². The normalized spacial score (nSPS) is 20.8. The number of carbonyl (C=O) groups excluding carboxylic acids is 1. The van der Waals surface area contributed by atoms with Crippen LogP contribution in [-0.2, 0) is 9.53 Å². The Labute approximate surface area is 122 Å². The van der Waals surface area contributed by atoms with Crippen LogP contribution in [0.3, 0.4) is 0 Å². The SMILES string of the molecule is CCNC(=NCC(=O)OC(C)(C)C)N1CCCC(C)C1. The first kappa shape index (κ1) is 16.8. The molecule has 0 aromatic rings. The zero-order valence-corrected chi connectivity index (χ0v) is 13.5. The predicted octanol–water partition coefficient (Wildman–Crippen LogP) is 2.03. The number of likely N-dealkylation sites (tertiary alicyclic amines) is 1. The van der Waals surface area contributed by atoms with E-state index in [2.05, 4.69) is 22.1 Å². The second-order valence-electron chi connectivity index (χ2n) is 6.45. The third-order valence-corrected chi connectivity index (χ3v) is 3.07. The van der Waals surface area contributed by atoms with Crippen molar-refractivity contribution in [2.24, 2.45) is 10.9 Å². The Balaban J connectivity index is 2.60. The fraction of sp³-hybridized carbons (Fsp3) is 0.867. The average molecular weight is 283 g/mol. The van der Waals surface area contributed by atoms with Crippen molar-refractivity contribution in [3.63, 3.8) is 0 Å². The molecule has 0 aliphatic carbocycles. The highest BCUT2D eigenvalue weighted by atomic mass is 16.6. The van der Waals surface area contributed by atoms with Crippen molar-refractivity contribution in [3.05, 3.63) is 0 Å². The van der Waals surface area contributed by atoms with E-state index in [0.29, 0.717) is 5.92 Å². The molecule has 20 heavy (non-hydrogen) atoms. The van der Waals surface area contributed by atoms with Gasteiger partial charge in [0.05, 0.1) is 0 Å². The van der Waals surface area contributed by atoms with Gasteiger partial charge in [-0.05, 0) is 46.5 Å². The Hall–Kier alpha value is -1.26. The van der Waals surface area contributed by atoms with Crippen molar-refractivity contribution in [1.82, 2.24) is 10.2 Å². The van der Waals surface area contributed by atoms with Gasteiger partial charge in [0, 0.05) is 19.6 Å². The lowest BCUT2D eigenvalue weighted by atomic mass is 10.0. The first-order chi connectivity index (χ1) is 9.31. The zero-order chi connectivity index (χ0) is 15.2. The lowest BCUT2D eigenvalue weighted by Gasteiger charge is -2.33. The largest absolute Gasteiger partial charge is 0.459 e. The van der Waals surface area contributed by atoms with Gasteiger partial charge in [0.2, 0.25) is 0 Å². The number of guanidine groups is 1. The molecule has 1 aliphatic rings. The Morgan fingerprint density at radius 3 is 2.70 bits per heavy atom. The van der Waals surface area contributed by atoms with Gasteiger partial charge < -0.3 is 15.0 Å². The van der Waals surface area contributed by atoms with Crippen LogP contribution in [0.5, 0.6) is 0 Å². The van der Waals surface area contributed by atoms with E-state index in [1.165, 1.54) is 12.8 Å². The van der Waals surface area contributed by atoms with Crippen LogP contribution in [-0.4, -0.2) is 48.6 Å². The number of hydrogen-bond donors (Lipinski definition) is 1.